The third kappa shape index (κ3) is 1.65. The van der Waals surface area contributed by atoms with Crippen LogP contribution in [0.25, 0.3) is 0 Å². The summed E-state index contributed by atoms with van der Waals surface area (Å²) in [6.45, 7) is 2.38. The second-order valence-electron chi connectivity index (χ2n) is 8.18. The average Bonchev–Trinajstić information content (AvgIpc) is 2.91. The standard InChI is InChI=1S/C19H24N2O4/c1-10(22)20-12-5-6-19(24)14-9-11-3-4-13(23)16-15(11)18(19,17(12)25-16)7-8-21(14)2/h3-4,12,14,17,23-24H,5-9H2,1-2H3,(H,20,22)/t12-,14-,17+,18+,19-/m1/s1. The van der Waals surface area contributed by atoms with Gasteiger partial charge in [-0.3, -0.25) is 4.79 Å². The van der Waals surface area contributed by atoms with Gasteiger partial charge < -0.3 is 25.2 Å². The SMILES string of the molecule is CC(=O)N[C@@H]1CC[C@@]2(O)[C@H]3Cc4ccc(O)c5c4[C@@]2(CCN3C)[C@H]1O5. The van der Waals surface area contributed by atoms with Crippen LogP contribution in [0.3, 0.4) is 0 Å². The van der Waals surface area contributed by atoms with E-state index < -0.39 is 11.0 Å². The van der Waals surface area contributed by atoms with Crippen molar-refractivity contribution in [3.05, 3.63) is 23.3 Å². The molecule has 134 valence electrons. The number of likely N-dealkylation sites (N-methyl/N-ethyl adjacent to an activating group) is 1. The first kappa shape index (κ1) is 15.5. The van der Waals surface area contributed by atoms with Gasteiger partial charge in [0.15, 0.2) is 11.5 Å². The highest BCUT2D eigenvalue weighted by Gasteiger charge is 2.72. The van der Waals surface area contributed by atoms with Gasteiger partial charge in [-0.25, -0.2) is 0 Å². The quantitative estimate of drug-likeness (QED) is 0.698. The maximum absolute atomic E-state index is 11.9. The molecular formula is C19H24N2O4. The number of phenols is 1. The Morgan fingerprint density at radius 1 is 1.40 bits per heavy atom. The van der Waals surface area contributed by atoms with E-state index in [-0.39, 0.29) is 29.8 Å². The fourth-order valence-corrected chi connectivity index (χ4v) is 6.16. The summed E-state index contributed by atoms with van der Waals surface area (Å²) in [6, 6.07) is 3.54. The Morgan fingerprint density at radius 3 is 2.96 bits per heavy atom. The molecule has 6 heteroatoms. The molecule has 2 heterocycles. The Bertz CT molecular complexity index is 781. The summed E-state index contributed by atoms with van der Waals surface area (Å²) < 4.78 is 6.28. The molecule has 1 spiro atoms. The number of ether oxygens (including phenoxy) is 1. The highest BCUT2D eigenvalue weighted by Crippen LogP contribution is 2.65. The van der Waals surface area contributed by atoms with Crippen LogP contribution in [0.4, 0.5) is 0 Å². The number of rotatable bonds is 1. The Morgan fingerprint density at radius 2 is 2.20 bits per heavy atom. The van der Waals surface area contributed by atoms with E-state index in [4.69, 9.17) is 4.74 Å². The number of phenolic OH excluding ortho intramolecular Hbond substituents is 1. The first-order valence-electron chi connectivity index (χ1n) is 9.10. The number of benzene rings is 1. The van der Waals surface area contributed by atoms with Crippen molar-refractivity contribution < 1.29 is 19.7 Å². The molecular weight excluding hydrogens is 320 g/mol. The third-order valence-electron chi connectivity index (χ3n) is 7.12. The van der Waals surface area contributed by atoms with Gasteiger partial charge in [0, 0.05) is 18.5 Å². The number of nitrogens with zero attached hydrogens (tertiary/aromatic N) is 1. The van der Waals surface area contributed by atoms with Gasteiger partial charge in [-0.15, -0.1) is 0 Å². The molecule has 2 fully saturated rings. The van der Waals surface area contributed by atoms with Gasteiger partial charge in [0.05, 0.1) is 17.1 Å². The molecule has 1 amide bonds. The minimum Gasteiger partial charge on any atom is -0.504 e. The monoisotopic (exact) mass is 344 g/mol. The predicted molar refractivity (Wildman–Crippen MR) is 90.7 cm³/mol. The van der Waals surface area contributed by atoms with Gasteiger partial charge in [-0.05, 0) is 50.9 Å². The molecule has 6 nitrogen and oxygen atoms in total. The number of piperidine rings is 1. The first-order chi connectivity index (χ1) is 11.9. The molecule has 2 aliphatic heterocycles. The normalized spacial score (nSPS) is 41.0. The van der Waals surface area contributed by atoms with E-state index in [1.54, 1.807) is 6.07 Å². The van der Waals surface area contributed by atoms with Crippen molar-refractivity contribution in [1.29, 1.82) is 0 Å². The molecule has 5 rings (SSSR count). The minimum absolute atomic E-state index is 0.0358. The number of hydrogen-bond donors (Lipinski definition) is 3. The number of aromatic hydroxyl groups is 1. The topological polar surface area (TPSA) is 82.0 Å². The van der Waals surface area contributed by atoms with Gasteiger partial charge in [-0.2, -0.15) is 0 Å². The Balaban J connectivity index is 1.76. The molecule has 3 N–H and O–H groups in total. The smallest absolute Gasteiger partial charge is 0.217 e. The van der Waals surface area contributed by atoms with Crippen LogP contribution in [0.2, 0.25) is 0 Å². The highest BCUT2D eigenvalue weighted by molar-refractivity contribution is 5.73. The second kappa shape index (κ2) is 4.68. The minimum atomic E-state index is -0.897. The number of likely N-dealkylation sites (tertiary alicyclic amines) is 1. The zero-order valence-corrected chi connectivity index (χ0v) is 14.6. The molecule has 2 aliphatic carbocycles. The average molecular weight is 344 g/mol. The van der Waals surface area contributed by atoms with Gasteiger partial charge >= 0.3 is 0 Å². The Kier molecular flexibility index (Phi) is 2.89. The van der Waals surface area contributed by atoms with Crippen molar-refractivity contribution in [2.75, 3.05) is 13.6 Å². The molecule has 0 unspecified atom stereocenters. The number of nitrogens with one attached hydrogen (secondary N) is 1. The fourth-order valence-electron chi connectivity index (χ4n) is 6.16. The number of carbonyl (C=O) groups is 1. The van der Waals surface area contributed by atoms with E-state index in [1.807, 2.05) is 6.07 Å². The molecule has 0 aromatic heterocycles. The summed E-state index contributed by atoms with van der Waals surface area (Å²) in [5, 5.41) is 25.3. The fraction of sp³-hybridized carbons (Fsp3) is 0.632. The van der Waals surface area contributed by atoms with Crippen LogP contribution in [0.15, 0.2) is 12.1 Å². The Hall–Kier alpha value is -1.79. The second-order valence-corrected chi connectivity index (χ2v) is 8.18. The molecule has 25 heavy (non-hydrogen) atoms. The summed E-state index contributed by atoms with van der Waals surface area (Å²) in [5.41, 5.74) is 0.683. The lowest BCUT2D eigenvalue weighted by molar-refractivity contribution is -0.187. The Labute approximate surface area is 146 Å². The summed E-state index contributed by atoms with van der Waals surface area (Å²) in [5.74, 6) is 0.557. The van der Waals surface area contributed by atoms with Crippen molar-refractivity contribution in [2.45, 2.75) is 61.8 Å². The van der Waals surface area contributed by atoms with Crippen LogP contribution in [0.1, 0.15) is 37.3 Å². The van der Waals surface area contributed by atoms with Crippen LogP contribution < -0.4 is 10.1 Å². The number of hydrogen-bond acceptors (Lipinski definition) is 5. The van der Waals surface area contributed by atoms with Gasteiger partial charge in [0.25, 0.3) is 0 Å². The van der Waals surface area contributed by atoms with E-state index in [2.05, 4.69) is 17.3 Å². The van der Waals surface area contributed by atoms with Crippen LogP contribution >= 0.6 is 0 Å². The molecule has 1 saturated heterocycles. The summed E-state index contributed by atoms with van der Waals surface area (Å²) in [7, 11) is 2.08. The molecule has 0 radical (unpaired) electrons. The lowest BCUT2D eigenvalue weighted by Gasteiger charge is -2.63. The van der Waals surface area contributed by atoms with Crippen molar-refractivity contribution in [2.24, 2.45) is 0 Å². The van der Waals surface area contributed by atoms with Crippen molar-refractivity contribution in [3.63, 3.8) is 0 Å². The van der Waals surface area contributed by atoms with E-state index in [0.717, 1.165) is 30.5 Å². The molecule has 1 saturated carbocycles. The third-order valence-corrected chi connectivity index (χ3v) is 7.12. The van der Waals surface area contributed by atoms with Gasteiger partial charge in [0.2, 0.25) is 5.91 Å². The lowest BCUT2D eigenvalue weighted by Crippen LogP contribution is -2.77. The molecule has 1 aromatic carbocycles. The first-order valence-corrected chi connectivity index (χ1v) is 9.10. The van der Waals surface area contributed by atoms with Crippen molar-refractivity contribution >= 4 is 5.91 Å². The molecule has 1 aromatic rings. The summed E-state index contributed by atoms with van der Waals surface area (Å²) in [6.07, 6.45) is 2.49. The summed E-state index contributed by atoms with van der Waals surface area (Å²) in [4.78, 5) is 14.0. The zero-order chi connectivity index (χ0) is 17.6. The maximum Gasteiger partial charge on any atom is 0.217 e. The predicted octanol–water partition coefficient (Wildman–Crippen LogP) is 0.681. The van der Waals surface area contributed by atoms with Crippen molar-refractivity contribution in [1.82, 2.24) is 10.2 Å². The lowest BCUT2D eigenvalue weighted by atomic mass is 9.48. The summed E-state index contributed by atoms with van der Waals surface area (Å²) >= 11 is 0. The van der Waals surface area contributed by atoms with Crippen LogP contribution in [0.5, 0.6) is 11.5 Å². The number of carbonyl (C=O) groups excluding carboxylic acids is 1. The van der Waals surface area contributed by atoms with Crippen LogP contribution in [-0.2, 0) is 16.6 Å². The highest BCUT2D eigenvalue weighted by atomic mass is 16.5. The molecule has 5 atom stereocenters. The number of aliphatic hydroxyl groups is 1. The van der Waals surface area contributed by atoms with Crippen molar-refractivity contribution in [3.8, 4) is 11.5 Å². The molecule has 4 aliphatic rings. The largest absolute Gasteiger partial charge is 0.504 e. The van der Waals surface area contributed by atoms with E-state index in [1.165, 1.54) is 6.92 Å². The van der Waals surface area contributed by atoms with Gasteiger partial charge in [-0.1, -0.05) is 6.07 Å². The van der Waals surface area contributed by atoms with Crippen LogP contribution in [-0.4, -0.2) is 58.4 Å². The van der Waals surface area contributed by atoms with Gasteiger partial charge in [0.1, 0.15) is 6.10 Å². The van der Waals surface area contributed by atoms with E-state index in [9.17, 15) is 15.0 Å². The maximum atomic E-state index is 11.9. The number of amides is 1. The van der Waals surface area contributed by atoms with E-state index >= 15 is 0 Å². The molecule has 2 bridgehead atoms. The zero-order valence-electron chi connectivity index (χ0n) is 14.6. The van der Waals surface area contributed by atoms with Crippen LogP contribution in [0, 0.1) is 0 Å². The van der Waals surface area contributed by atoms with E-state index in [0.29, 0.717) is 18.6 Å².